The molecule has 2 aromatic rings. The van der Waals surface area contributed by atoms with Crippen LogP contribution in [0.4, 0.5) is 4.79 Å². The molecule has 0 saturated heterocycles. The van der Waals surface area contributed by atoms with E-state index in [4.69, 9.17) is 5.11 Å². The molecule has 25 heteroatoms. The fourth-order valence-electron chi connectivity index (χ4n) is 7.22. The van der Waals surface area contributed by atoms with Crippen LogP contribution < -0.4 is 42.5 Å². The van der Waals surface area contributed by atoms with Gasteiger partial charge in [-0.15, -0.1) is 0 Å². The summed E-state index contributed by atoms with van der Waals surface area (Å²) in [6, 6.07) is 3.02. The van der Waals surface area contributed by atoms with E-state index in [-0.39, 0.29) is 38.0 Å². The molecule has 0 bridgehead atoms. The van der Waals surface area contributed by atoms with E-state index in [1.54, 1.807) is 0 Å². The minimum absolute atomic E-state index is 0.0632. The van der Waals surface area contributed by atoms with Crippen molar-refractivity contribution in [2.75, 3.05) is 32.1 Å². The van der Waals surface area contributed by atoms with Crippen LogP contribution in [0.3, 0.4) is 0 Å². The highest BCUT2D eigenvalue weighted by molar-refractivity contribution is 7.81. The highest BCUT2D eigenvalue weighted by Gasteiger charge is 2.33. The second-order valence-electron chi connectivity index (χ2n) is 16.1. The van der Waals surface area contributed by atoms with Crippen molar-refractivity contribution in [1.82, 2.24) is 42.5 Å². The lowest BCUT2D eigenvalue weighted by molar-refractivity contribution is -0.141. The molecule has 0 spiro atoms. The molecule has 0 heterocycles. The van der Waals surface area contributed by atoms with Crippen molar-refractivity contribution in [3.63, 3.8) is 0 Å². The van der Waals surface area contributed by atoms with E-state index < -0.39 is 140 Å². The first-order chi connectivity index (χ1) is 32.4. The highest BCUT2D eigenvalue weighted by Crippen LogP contribution is 2.25. The fraction of sp³-hybridized carbons (Fsp3) is 0.535. The molecule has 24 nitrogen and oxygen atoms in total. The van der Waals surface area contributed by atoms with Gasteiger partial charge in [-0.2, -0.15) is 12.6 Å². The monoisotopic (exact) mass is 976 g/mol. The Kier molecular flexibility index (Phi) is 23.4. The van der Waals surface area contributed by atoms with Crippen molar-refractivity contribution in [2.24, 2.45) is 5.92 Å². The zero-order valence-electron chi connectivity index (χ0n) is 37.0. The van der Waals surface area contributed by atoms with Gasteiger partial charge in [-0.05, 0) is 67.7 Å². The third-order valence-electron chi connectivity index (χ3n) is 11.0. The standard InChI is InChI=1S/C43H60N8O16S/c52-19-31(46-34(55)22-68)39(61)49-33(21-54)40(62)48-32(20-53)38(60)45-27-12-10-25(11-13-27)36(58)47-30(18-23-8-9-24-5-1-2-6-26(24)17-23)37(59)44-16-4-3-7-28(41(63)64)50-43(67)51-29(42(65)66)14-15-35(56)57/h1-2,5-6,8-9,17,25,27-33,52-54,68H,3-4,7,10-16,18-22H2,(H,44,59)(H,45,60)(H,46,55)(H,47,58)(H,48,62)(H,49,61)(H,56,57)(H,63,64)(H,65,66)(H2,50,51,67). The Morgan fingerprint density at radius 1 is 0.588 bits per heavy atom. The number of hydrogen-bond acceptors (Lipinski definition) is 14. The number of carbonyl (C=O) groups is 10. The summed E-state index contributed by atoms with van der Waals surface area (Å²) in [5.41, 5.74) is 0.752. The summed E-state index contributed by atoms with van der Waals surface area (Å²) in [5, 5.41) is 77.9. The van der Waals surface area contributed by atoms with Gasteiger partial charge in [0.1, 0.15) is 36.3 Å². The first kappa shape index (κ1) is 55.8. The Morgan fingerprint density at radius 2 is 1.15 bits per heavy atom. The van der Waals surface area contributed by atoms with Crippen molar-refractivity contribution >= 4 is 82.8 Å². The molecular formula is C43H60N8O16S. The van der Waals surface area contributed by atoms with Gasteiger partial charge in [0, 0.05) is 31.3 Å². The molecule has 1 aliphatic carbocycles. The number of carbonyl (C=O) groups excluding carboxylic acids is 7. The van der Waals surface area contributed by atoms with E-state index in [0.717, 1.165) is 16.3 Å². The van der Waals surface area contributed by atoms with Gasteiger partial charge in [-0.3, -0.25) is 33.6 Å². The van der Waals surface area contributed by atoms with Gasteiger partial charge < -0.3 is 73.2 Å². The number of carboxylic acid groups (broad SMARTS) is 3. The van der Waals surface area contributed by atoms with Crippen LogP contribution in [0.2, 0.25) is 0 Å². The molecule has 8 amide bonds. The summed E-state index contributed by atoms with van der Waals surface area (Å²) >= 11 is 3.77. The first-order valence-corrected chi connectivity index (χ1v) is 22.5. The number of fused-ring (bicyclic) bond motifs is 1. The molecule has 1 saturated carbocycles. The normalized spacial score (nSPS) is 17.1. The fourth-order valence-corrected chi connectivity index (χ4v) is 7.31. The Labute approximate surface area is 395 Å². The van der Waals surface area contributed by atoms with Crippen LogP contribution >= 0.6 is 12.6 Å². The molecule has 6 atom stereocenters. The SMILES string of the molecule is O=C(O)CCC(NC(=O)NC(CCCCNC(=O)C(Cc1ccc2ccccc2c1)NC(=O)C1CCC(NC(=O)C(CO)NC(=O)C(CO)NC(=O)C(CO)NC(=O)CS)CC1)C(=O)O)C(=O)O. The largest absolute Gasteiger partial charge is 0.481 e. The van der Waals surface area contributed by atoms with Gasteiger partial charge in [0.2, 0.25) is 35.4 Å². The van der Waals surface area contributed by atoms with Crippen LogP contribution in [-0.4, -0.2) is 164 Å². The molecule has 3 rings (SSSR count). The maximum absolute atomic E-state index is 13.7. The van der Waals surface area contributed by atoms with Gasteiger partial charge in [0.05, 0.1) is 25.6 Å². The average molecular weight is 977 g/mol. The predicted octanol–water partition coefficient (Wildman–Crippen LogP) is -2.74. The number of aliphatic hydroxyl groups is 3. The molecule has 14 N–H and O–H groups in total. The topological polar surface area (TPSA) is 388 Å². The number of nitrogens with one attached hydrogen (secondary N) is 8. The lowest BCUT2D eigenvalue weighted by Gasteiger charge is -2.31. The lowest BCUT2D eigenvalue weighted by Crippen LogP contribution is -2.59. The van der Waals surface area contributed by atoms with Crippen LogP contribution in [0.15, 0.2) is 42.5 Å². The minimum Gasteiger partial charge on any atom is -0.481 e. The highest BCUT2D eigenvalue weighted by atomic mass is 32.1. The summed E-state index contributed by atoms with van der Waals surface area (Å²) in [6.45, 7) is -2.54. The van der Waals surface area contributed by atoms with E-state index in [1.807, 2.05) is 42.5 Å². The van der Waals surface area contributed by atoms with Crippen LogP contribution in [0, 0.1) is 5.92 Å². The van der Waals surface area contributed by atoms with Crippen molar-refractivity contribution in [3.8, 4) is 0 Å². The number of urea groups is 1. The quantitative estimate of drug-likeness (QED) is 0.0304. The van der Waals surface area contributed by atoms with Crippen molar-refractivity contribution in [1.29, 1.82) is 0 Å². The number of aliphatic hydroxyl groups excluding tert-OH is 3. The van der Waals surface area contributed by atoms with Gasteiger partial charge in [-0.25, -0.2) is 14.4 Å². The smallest absolute Gasteiger partial charge is 0.326 e. The molecule has 1 fully saturated rings. The molecule has 6 unspecified atom stereocenters. The summed E-state index contributed by atoms with van der Waals surface area (Å²) in [5.74, 6) is -9.46. The zero-order chi connectivity index (χ0) is 50.3. The maximum atomic E-state index is 13.7. The summed E-state index contributed by atoms with van der Waals surface area (Å²) < 4.78 is 0. The lowest BCUT2D eigenvalue weighted by atomic mass is 9.85. The number of hydrogen-bond donors (Lipinski definition) is 15. The third-order valence-corrected chi connectivity index (χ3v) is 11.3. The zero-order valence-corrected chi connectivity index (χ0v) is 37.9. The molecular weight excluding hydrogens is 917 g/mol. The number of thiol groups is 1. The Balaban J connectivity index is 1.57. The van der Waals surface area contributed by atoms with Crippen LogP contribution in [-0.2, 0) is 49.6 Å². The van der Waals surface area contributed by atoms with Crippen molar-refractivity contribution in [3.05, 3.63) is 48.0 Å². The number of rotatable bonds is 28. The van der Waals surface area contributed by atoms with Crippen LogP contribution in [0.5, 0.6) is 0 Å². The second kappa shape index (κ2) is 28.6. The van der Waals surface area contributed by atoms with Crippen molar-refractivity contribution in [2.45, 2.75) is 107 Å². The molecule has 0 aliphatic heterocycles. The van der Waals surface area contributed by atoms with E-state index in [1.165, 1.54) is 0 Å². The summed E-state index contributed by atoms with van der Waals surface area (Å²) in [6.07, 6.45) is 0.703. The molecule has 2 aromatic carbocycles. The van der Waals surface area contributed by atoms with E-state index in [9.17, 15) is 73.5 Å². The number of amides is 8. The van der Waals surface area contributed by atoms with Crippen molar-refractivity contribution < 1.29 is 78.6 Å². The average Bonchev–Trinajstić information content (AvgIpc) is 3.31. The van der Waals surface area contributed by atoms with E-state index >= 15 is 0 Å². The minimum atomic E-state index is -1.61. The van der Waals surface area contributed by atoms with Gasteiger partial charge in [-0.1, -0.05) is 42.5 Å². The van der Waals surface area contributed by atoms with Gasteiger partial charge in [0.15, 0.2) is 0 Å². The Bertz CT molecular complexity index is 2100. The molecule has 374 valence electrons. The molecule has 1 aliphatic rings. The van der Waals surface area contributed by atoms with Crippen LogP contribution in [0.1, 0.15) is 63.4 Å². The molecule has 68 heavy (non-hydrogen) atoms. The first-order valence-electron chi connectivity index (χ1n) is 21.8. The van der Waals surface area contributed by atoms with E-state index in [2.05, 4.69) is 55.2 Å². The van der Waals surface area contributed by atoms with Crippen LogP contribution in [0.25, 0.3) is 10.8 Å². The summed E-state index contributed by atoms with van der Waals surface area (Å²) in [4.78, 5) is 124. The Hall–Kier alpha value is -6.57. The molecule has 0 aromatic heterocycles. The van der Waals surface area contributed by atoms with E-state index in [0.29, 0.717) is 25.7 Å². The second-order valence-corrected chi connectivity index (χ2v) is 16.4. The number of benzene rings is 2. The third kappa shape index (κ3) is 18.6. The van der Waals surface area contributed by atoms with Gasteiger partial charge >= 0.3 is 23.9 Å². The van der Waals surface area contributed by atoms with Gasteiger partial charge in [0.25, 0.3) is 0 Å². The predicted molar refractivity (Wildman–Crippen MR) is 243 cm³/mol. The maximum Gasteiger partial charge on any atom is 0.326 e. The Morgan fingerprint density at radius 3 is 1.71 bits per heavy atom. The summed E-state index contributed by atoms with van der Waals surface area (Å²) in [7, 11) is 0. The molecule has 0 radical (unpaired) electrons. The number of carboxylic acids is 3. The number of unbranched alkanes of at least 4 members (excludes halogenated alkanes) is 1. The number of aliphatic carboxylic acids is 3.